The molecule has 0 atom stereocenters. The molecule has 16 heavy (non-hydrogen) atoms. The molecule has 4 heteroatoms. The number of nitrogens with zero attached hydrogens (tertiary/aromatic N) is 1. The first-order chi connectivity index (χ1) is 7.63. The van der Waals surface area contributed by atoms with Gasteiger partial charge in [-0.15, -0.1) is 0 Å². The van der Waals surface area contributed by atoms with Crippen LogP contribution in [0.25, 0.3) is 10.9 Å². The van der Waals surface area contributed by atoms with Crippen LogP contribution in [0.3, 0.4) is 0 Å². The number of aromatic amines is 1. The van der Waals surface area contributed by atoms with Crippen molar-refractivity contribution in [3.63, 3.8) is 0 Å². The lowest BCUT2D eigenvalue weighted by molar-refractivity contribution is 0.0804. The zero-order valence-electron chi connectivity index (χ0n) is 9.45. The van der Waals surface area contributed by atoms with Gasteiger partial charge in [-0.2, -0.15) is 0 Å². The van der Waals surface area contributed by atoms with E-state index in [2.05, 4.69) is 4.98 Å². The van der Waals surface area contributed by atoms with E-state index in [4.69, 9.17) is 5.73 Å². The molecule has 0 saturated carbocycles. The van der Waals surface area contributed by atoms with E-state index in [1.165, 1.54) is 0 Å². The van der Waals surface area contributed by atoms with E-state index < -0.39 is 0 Å². The number of carbonyl (C=O) groups is 1. The Balaban J connectivity index is 2.53. The molecular weight excluding hydrogens is 202 g/mol. The zero-order chi connectivity index (χ0) is 11.7. The summed E-state index contributed by atoms with van der Waals surface area (Å²) in [7, 11) is 1.79. The molecule has 1 aromatic carbocycles. The molecule has 2 aromatic rings. The first-order valence-electron chi connectivity index (χ1n) is 5.25. The van der Waals surface area contributed by atoms with Gasteiger partial charge < -0.3 is 15.6 Å². The van der Waals surface area contributed by atoms with Crippen molar-refractivity contribution in [1.29, 1.82) is 0 Å². The number of carbonyl (C=O) groups excluding carboxylic acids is 1. The van der Waals surface area contributed by atoms with Gasteiger partial charge in [-0.3, -0.25) is 4.79 Å². The number of hydrogen-bond acceptors (Lipinski definition) is 2. The fourth-order valence-corrected chi connectivity index (χ4v) is 1.66. The lowest BCUT2D eigenvalue weighted by Gasteiger charge is -2.13. The highest BCUT2D eigenvalue weighted by molar-refractivity contribution is 6.07. The molecule has 2 rings (SSSR count). The third-order valence-corrected chi connectivity index (χ3v) is 2.76. The number of amides is 1. The van der Waals surface area contributed by atoms with Crippen LogP contribution in [0.15, 0.2) is 24.4 Å². The monoisotopic (exact) mass is 217 g/mol. The smallest absolute Gasteiger partial charge is 0.255 e. The number of H-pyrrole nitrogens is 1. The summed E-state index contributed by atoms with van der Waals surface area (Å²) >= 11 is 0. The number of nitrogens with two attached hydrogens (primary N) is 1. The van der Waals surface area contributed by atoms with E-state index >= 15 is 0 Å². The van der Waals surface area contributed by atoms with Crippen LogP contribution in [0.2, 0.25) is 0 Å². The Kier molecular flexibility index (Phi) is 2.56. The molecule has 1 heterocycles. The Labute approximate surface area is 94.0 Å². The largest absolute Gasteiger partial charge is 0.399 e. The molecule has 1 amide bonds. The summed E-state index contributed by atoms with van der Waals surface area (Å²) in [5.74, 6) is 0.0133. The molecule has 0 fully saturated rings. The summed E-state index contributed by atoms with van der Waals surface area (Å²) in [6.07, 6.45) is 1.73. The summed E-state index contributed by atoms with van der Waals surface area (Å²) < 4.78 is 0. The van der Waals surface area contributed by atoms with E-state index in [0.717, 1.165) is 10.9 Å². The molecule has 4 nitrogen and oxygen atoms in total. The highest BCUT2D eigenvalue weighted by atomic mass is 16.2. The minimum atomic E-state index is 0.0133. The first kappa shape index (κ1) is 10.5. The number of benzene rings is 1. The highest BCUT2D eigenvalue weighted by Crippen LogP contribution is 2.21. The maximum Gasteiger partial charge on any atom is 0.255 e. The number of hydrogen-bond donors (Lipinski definition) is 2. The summed E-state index contributed by atoms with van der Waals surface area (Å²) in [6, 6.07) is 5.52. The lowest BCUT2D eigenvalue weighted by Crippen LogP contribution is -2.25. The number of aromatic nitrogens is 1. The molecule has 0 spiro atoms. The second-order valence-corrected chi connectivity index (χ2v) is 3.83. The Morgan fingerprint density at radius 1 is 1.50 bits per heavy atom. The summed E-state index contributed by atoms with van der Waals surface area (Å²) in [4.78, 5) is 16.8. The topological polar surface area (TPSA) is 62.1 Å². The van der Waals surface area contributed by atoms with Gasteiger partial charge in [0, 0.05) is 36.4 Å². The van der Waals surface area contributed by atoms with Crippen LogP contribution in [0, 0.1) is 0 Å². The normalized spacial score (nSPS) is 10.6. The minimum absolute atomic E-state index is 0.0133. The fraction of sp³-hybridized carbons (Fsp3) is 0.250. The van der Waals surface area contributed by atoms with Crippen LogP contribution in [0.4, 0.5) is 5.69 Å². The van der Waals surface area contributed by atoms with Gasteiger partial charge >= 0.3 is 0 Å². The summed E-state index contributed by atoms with van der Waals surface area (Å²) in [5, 5.41) is 0.880. The van der Waals surface area contributed by atoms with Crippen molar-refractivity contribution in [1.82, 2.24) is 9.88 Å². The third kappa shape index (κ3) is 1.62. The Hall–Kier alpha value is -1.97. The maximum atomic E-state index is 12.0. The standard InChI is InChI=1S/C12H15N3O/c1-3-15(2)12(16)10-7-14-11-5-4-8(13)6-9(10)11/h4-7,14H,3,13H2,1-2H3. The van der Waals surface area contributed by atoms with E-state index in [0.29, 0.717) is 17.8 Å². The Bertz CT molecular complexity index is 530. The summed E-state index contributed by atoms with van der Waals surface area (Å²) in [5.41, 5.74) is 7.99. The van der Waals surface area contributed by atoms with Crippen molar-refractivity contribution >= 4 is 22.5 Å². The zero-order valence-corrected chi connectivity index (χ0v) is 9.45. The second kappa shape index (κ2) is 3.89. The van der Waals surface area contributed by atoms with Crippen molar-refractivity contribution < 1.29 is 4.79 Å². The van der Waals surface area contributed by atoms with Crippen molar-refractivity contribution in [2.75, 3.05) is 19.3 Å². The van der Waals surface area contributed by atoms with Crippen LogP contribution in [-0.2, 0) is 0 Å². The Morgan fingerprint density at radius 3 is 2.94 bits per heavy atom. The van der Waals surface area contributed by atoms with Crippen LogP contribution in [0.5, 0.6) is 0 Å². The van der Waals surface area contributed by atoms with Gasteiger partial charge in [0.1, 0.15) is 0 Å². The predicted molar refractivity (Wildman–Crippen MR) is 65.3 cm³/mol. The van der Waals surface area contributed by atoms with E-state index in [1.807, 2.05) is 25.1 Å². The maximum absolute atomic E-state index is 12.0. The van der Waals surface area contributed by atoms with Crippen LogP contribution < -0.4 is 5.73 Å². The average molecular weight is 217 g/mol. The van der Waals surface area contributed by atoms with Gasteiger partial charge in [0.15, 0.2) is 0 Å². The molecule has 0 aliphatic heterocycles. The molecule has 3 N–H and O–H groups in total. The molecule has 0 aliphatic carbocycles. The molecular formula is C12H15N3O. The van der Waals surface area contributed by atoms with Gasteiger partial charge in [0.05, 0.1) is 5.56 Å². The van der Waals surface area contributed by atoms with Gasteiger partial charge in [-0.1, -0.05) is 0 Å². The fourth-order valence-electron chi connectivity index (χ4n) is 1.66. The van der Waals surface area contributed by atoms with Crippen molar-refractivity contribution in [2.24, 2.45) is 0 Å². The van der Waals surface area contributed by atoms with Gasteiger partial charge in [-0.25, -0.2) is 0 Å². The quantitative estimate of drug-likeness (QED) is 0.754. The number of nitrogens with one attached hydrogen (secondary N) is 1. The van der Waals surface area contributed by atoms with E-state index in [1.54, 1.807) is 18.1 Å². The summed E-state index contributed by atoms with van der Waals surface area (Å²) in [6.45, 7) is 2.63. The van der Waals surface area contributed by atoms with Crippen molar-refractivity contribution in [3.8, 4) is 0 Å². The molecule has 1 aromatic heterocycles. The molecule has 0 bridgehead atoms. The molecule has 84 valence electrons. The van der Waals surface area contributed by atoms with Gasteiger partial charge in [0.2, 0.25) is 0 Å². The SMILES string of the molecule is CCN(C)C(=O)c1c[nH]c2ccc(N)cc12. The Morgan fingerprint density at radius 2 is 2.25 bits per heavy atom. The van der Waals surface area contributed by atoms with Crippen molar-refractivity contribution in [3.05, 3.63) is 30.0 Å². The van der Waals surface area contributed by atoms with Crippen LogP contribution >= 0.6 is 0 Å². The van der Waals surface area contributed by atoms with E-state index in [9.17, 15) is 4.79 Å². The van der Waals surface area contributed by atoms with E-state index in [-0.39, 0.29) is 5.91 Å². The predicted octanol–water partition coefficient (Wildman–Crippen LogP) is 1.84. The average Bonchev–Trinajstić information content (AvgIpc) is 2.69. The third-order valence-electron chi connectivity index (χ3n) is 2.76. The molecule has 0 unspecified atom stereocenters. The van der Waals surface area contributed by atoms with Crippen LogP contribution in [-0.4, -0.2) is 29.4 Å². The highest BCUT2D eigenvalue weighted by Gasteiger charge is 2.14. The number of fused-ring (bicyclic) bond motifs is 1. The second-order valence-electron chi connectivity index (χ2n) is 3.83. The van der Waals surface area contributed by atoms with Crippen LogP contribution in [0.1, 0.15) is 17.3 Å². The van der Waals surface area contributed by atoms with Crippen molar-refractivity contribution in [2.45, 2.75) is 6.92 Å². The lowest BCUT2D eigenvalue weighted by atomic mass is 10.1. The van der Waals surface area contributed by atoms with Gasteiger partial charge in [0.25, 0.3) is 5.91 Å². The van der Waals surface area contributed by atoms with Gasteiger partial charge in [-0.05, 0) is 25.1 Å². The molecule has 0 aliphatic rings. The number of rotatable bonds is 2. The number of nitrogen functional groups attached to an aromatic ring is 1. The number of anilines is 1. The molecule has 0 saturated heterocycles. The first-order valence-corrected chi connectivity index (χ1v) is 5.25. The minimum Gasteiger partial charge on any atom is -0.399 e. The molecule has 0 radical (unpaired) electrons.